The van der Waals surface area contributed by atoms with Gasteiger partial charge in [-0.1, -0.05) is 31.2 Å². The van der Waals surface area contributed by atoms with Gasteiger partial charge in [-0.3, -0.25) is 0 Å². The molecule has 6 heteroatoms. The lowest BCUT2D eigenvalue weighted by Crippen LogP contribution is -2.45. The lowest BCUT2D eigenvalue weighted by Gasteiger charge is -2.33. The molecule has 1 aliphatic heterocycles. The number of hydrogen-bond donors (Lipinski definition) is 1. The zero-order valence-corrected chi connectivity index (χ0v) is 13.6. The summed E-state index contributed by atoms with van der Waals surface area (Å²) < 4.78 is 28.2. The summed E-state index contributed by atoms with van der Waals surface area (Å²) in [5, 5.41) is 0. The summed E-state index contributed by atoms with van der Waals surface area (Å²) in [6.45, 7) is 4.24. The SMILES string of the molecule is CC1CCCN(S(=O)(=O)N(C)Cc2ccc(CN)cc2)C1. The quantitative estimate of drug-likeness (QED) is 0.897. The first kappa shape index (κ1) is 16.4. The Labute approximate surface area is 127 Å². The van der Waals surface area contributed by atoms with Gasteiger partial charge in [-0.25, -0.2) is 0 Å². The first-order valence-corrected chi connectivity index (χ1v) is 8.82. The van der Waals surface area contributed by atoms with Gasteiger partial charge in [0.15, 0.2) is 0 Å². The van der Waals surface area contributed by atoms with Gasteiger partial charge in [0.25, 0.3) is 10.2 Å². The van der Waals surface area contributed by atoms with Gasteiger partial charge in [0, 0.05) is 33.2 Å². The molecule has 118 valence electrons. The molecule has 1 fully saturated rings. The maximum Gasteiger partial charge on any atom is 0.282 e. The van der Waals surface area contributed by atoms with Gasteiger partial charge in [-0.05, 0) is 29.9 Å². The Morgan fingerprint density at radius 1 is 1.29 bits per heavy atom. The molecule has 0 bridgehead atoms. The van der Waals surface area contributed by atoms with Crippen molar-refractivity contribution in [2.24, 2.45) is 11.7 Å². The number of hydrogen-bond acceptors (Lipinski definition) is 3. The predicted molar refractivity (Wildman–Crippen MR) is 84.7 cm³/mol. The zero-order valence-electron chi connectivity index (χ0n) is 12.8. The van der Waals surface area contributed by atoms with Crippen molar-refractivity contribution in [2.75, 3.05) is 20.1 Å². The molecule has 5 nitrogen and oxygen atoms in total. The summed E-state index contributed by atoms with van der Waals surface area (Å²) in [6, 6.07) is 7.76. The van der Waals surface area contributed by atoms with Crippen LogP contribution in [-0.2, 0) is 23.3 Å². The van der Waals surface area contributed by atoms with Gasteiger partial charge in [-0.2, -0.15) is 17.0 Å². The number of nitrogens with two attached hydrogens (primary N) is 1. The van der Waals surface area contributed by atoms with E-state index in [9.17, 15) is 8.42 Å². The van der Waals surface area contributed by atoms with E-state index in [1.54, 1.807) is 11.4 Å². The highest BCUT2D eigenvalue weighted by atomic mass is 32.2. The molecule has 0 amide bonds. The fourth-order valence-electron chi connectivity index (χ4n) is 2.67. The Kier molecular flexibility index (Phi) is 5.37. The highest BCUT2D eigenvalue weighted by Gasteiger charge is 2.30. The van der Waals surface area contributed by atoms with E-state index in [0.717, 1.165) is 24.0 Å². The second-order valence-corrected chi connectivity index (χ2v) is 7.93. The van der Waals surface area contributed by atoms with Gasteiger partial charge < -0.3 is 5.73 Å². The van der Waals surface area contributed by atoms with Crippen molar-refractivity contribution in [1.82, 2.24) is 8.61 Å². The van der Waals surface area contributed by atoms with Gasteiger partial charge in [0.2, 0.25) is 0 Å². The lowest BCUT2D eigenvalue weighted by atomic mass is 10.0. The molecule has 0 aliphatic carbocycles. The van der Waals surface area contributed by atoms with Crippen molar-refractivity contribution in [3.05, 3.63) is 35.4 Å². The molecule has 0 spiro atoms. The van der Waals surface area contributed by atoms with Crippen LogP contribution in [0.3, 0.4) is 0 Å². The maximum atomic E-state index is 12.6. The van der Waals surface area contributed by atoms with Crippen LogP contribution < -0.4 is 5.73 Å². The van der Waals surface area contributed by atoms with E-state index in [0.29, 0.717) is 32.1 Å². The van der Waals surface area contributed by atoms with E-state index >= 15 is 0 Å². The summed E-state index contributed by atoms with van der Waals surface area (Å²) in [7, 11) is -1.72. The molecule has 1 unspecified atom stereocenters. The second kappa shape index (κ2) is 6.87. The Balaban J connectivity index is 2.05. The number of benzene rings is 1. The predicted octanol–water partition coefficient (Wildman–Crippen LogP) is 1.55. The Hall–Kier alpha value is -0.950. The van der Waals surface area contributed by atoms with Gasteiger partial charge >= 0.3 is 0 Å². The second-order valence-electron chi connectivity index (χ2n) is 5.89. The molecule has 1 aromatic carbocycles. The van der Waals surface area contributed by atoms with Crippen LogP contribution in [0.5, 0.6) is 0 Å². The number of rotatable bonds is 5. The normalized spacial score (nSPS) is 20.9. The van der Waals surface area contributed by atoms with Crippen LogP contribution in [0.25, 0.3) is 0 Å². The minimum atomic E-state index is -3.37. The van der Waals surface area contributed by atoms with Crippen molar-refractivity contribution in [3.8, 4) is 0 Å². The number of nitrogens with zero attached hydrogens (tertiary/aromatic N) is 2. The first-order chi connectivity index (χ1) is 9.93. The molecule has 21 heavy (non-hydrogen) atoms. The van der Waals surface area contributed by atoms with Gasteiger partial charge in [0.05, 0.1) is 0 Å². The van der Waals surface area contributed by atoms with E-state index in [2.05, 4.69) is 6.92 Å². The third-order valence-corrected chi connectivity index (χ3v) is 5.90. The van der Waals surface area contributed by atoms with Crippen molar-refractivity contribution < 1.29 is 8.42 Å². The zero-order chi connectivity index (χ0) is 15.5. The Bertz CT molecular complexity index is 557. The molecule has 0 radical (unpaired) electrons. The minimum absolute atomic E-state index is 0.387. The molecule has 2 N–H and O–H groups in total. The Morgan fingerprint density at radius 3 is 2.48 bits per heavy atom. The fraction of sp³-hybridized carbons (Fsp3) is 0.600. The molecule has 1 saturated heterocycles. The van der Waals surface area contributed by atoms with Crippen molar-refractivity contribution in [2.45, 2.75) is 32.9 Å². The minimum Gasteiger partial charge on any atom is -0.326 e. The van der Waals surface area contributed by atoms with Gasteiger partial charge in [0.1, 0.15) is 0 Å². The summed E-state index contributed by atoms with van der Waals surface area (Å²) in [6.07, 6.45) is 2.05. The molecular formula is C15H25N3O2S. The van der Waals surface area contributed by atoms with E-state index < -0.39 is 10.2 Å². The van der Waals surface area contributed by atoms with E-state index in [1.807, 2.05) is 24.3 Å². The van der Waals surface area contributed by atoms with Gasteiger partial charge in [-0.15, -0.1) is 0 Å². The van der Waals surface area contributed by atoms with Crippen LogP contribution in [0.1, 0.15) is 30.9 Å². The van der Waals surface area contributed by atoms with Crippen LogP contribution >= 0.6 is 0 Å². The first-order valence-electron chi connectivity index (χ1n) is 7.42. The van der Waals surface area contributed by atoms with E-state index in [1.165, 1.54) is 4.31 Å². The average Bonchev–Trinajstić information content (AvgIpc) is 2.48. The average molecular weight is 311 g/mol. The van der Waals surface area contributed by atoms with E-state index in [4.69, 9.17) is 5.73 Å². The van der Waals surface area contributed by atoms with E-state index in [-0.39, 0.29) is 0 Å². The molecule has 1 heterocycles. The standard InChI is InChI=1S/C15H25N3O2S/c1-13-4-3-9-18(11-13)21(19,20)17(2)12-15-7-5-14(10-16)6-8-15/h5-8,13H,3-4,9-12,16H2,1-2H3. The fourth-order valence-corrected chi connectivity index (χ4v) is 4.18. The largest absolute Gasteiger partial charge is 0.326 e. The maximum absolute atomic E-state index is 12.6. The van der Waals surface area contributed by atoms with Crippen molar-refractivity contribution in [3.63, 3.8) is 0 Å². The molecular weight excluding hydrogens is 286 g/mol. The summed E-state index contributed by atoms with van der Waals surface area (Å²) in [5.74, 6) is 0.436. The third-order valence-electron chi connectivity index (χ3n) is 4.00. The molecule has 1 aliphatic rings. The molecule has 1 aromatic rings. The third kappa shape index (κ3) is 4.03. The summed E-state index contributed by atoms with van der Waals surface area (Å²) in [4.78, 5) is 0. The monoisotopic (exact) mass is 311 g/mol. The van der Waals surface area contributed by atoms with Crippen LogP contribution in [0.15, 0.2) is 24.3 Å². The summed E-state index contributed by atoms with van der Waals surface area (Å²) in [5.41, 5.74) is 7.59. The molecule has 2 rings (SSSR count). The van der Waals surface area contributed by atoms with Crippen LogP contribution in [0.2, 0.25) is 0 Å². The highest BCUT2D eigenvalue weighted by molar-refractivity contribution is 7.86. The van der Waals surface area contributed by atoms with Crippen LogP contribution in [0, 0.1) is 5.92 Å². The van der Waals surface area contributed by atoms with Crippen molar-refractivity contribution in [1.29, 1.82) is 0 Å². The number of piperidine rings is 1. The molecule has 0 aromatic heterocycles. The highest BCUT2D eigenvalue weighted by Crippen LogP contribution is 2.21. The van der Waals surface area contributed by atoms with Crippen molar-refractivity contribution >= 4 is 10.2 Å². The molecule has 0 saturated carbocycles. The van der Waals surface area contributed by atoms with Crippen LogP contribution in [-0.4, -0.2) is 37.2 Å². The molecule has 1 atom stereocenters. The summed E-state index contributed by atoms with van der Waals surface area (Å²) >= 11 is 0. The van der Waals surface area contributed by atoms with Crippen LogP contribution in [0.4, 0.5) is 0 Å². The topological polar surface area (TPSA) is 66.6 Å². The lowest BCUT2D eigenvalue weighted by molar-refractivity contribution is 0.263. The Morgan fingerprint density at radius 2 is 1.90 bits per heavy atom. The smallest absolute Gasteiger partial charge is 0.282 e.